The number of benzene rings is 2. The topological polar surface area (TPSA) is 92.8 Å². The average molecular weight is 590 g/mol. The molecule has 7 nitrogen and oxygen atoms in total. The van der Waals surface area contributed by atoms with Crippen molar-refractivity contribution < 1.29 is 37.1 Å². The van der Waals surface area contributed by atoms with Gasteiger partial charge in [-0.15, -0.1) is 23.2 Å². The Morgan fingerprint density at radius 1 is 0.974 bits per heavy atom. The zero-order valence-electron chi connectivity index (χ0n) is 19.2. The van der Waals surface area contributed by atoms with Gasteiger partial charge < -0.3 is 10.1 Å². The molecule has 5 rings (SSSR count). The van der Waals surface area contributed by atoms with Gasteiger partial charge in [-0.1, -0.05) is 11.6 Å². The summed E-state index contributed by atoms with van der Waals surface area (Å²) in [6.45, 7) is -0.790. The van der Waals surface area contributed by atoms with E-state index >= 15 is 0 Å². The highest BCUT2D eigenvalue weighted by Crippen LogP contribution is 2.59. The van der Waals surface area contributed by atoms with E-state index in [1.807, 2.05) is 0 Å². The van der Waals surface area contributed by atoms with Crippen LogP contribution in [0.15, 0.2) is 42.5 Å². The third kappa shape index (κ3) is 4.52. The maximum absolute atomic E-state index is 13.1. The molecule has 1 heterocycles. The first-order valence-electron chi connectivity index (χ1n) is 11.5. The predicted octanol–water partition coefficient (Wildman–Crippen LogP) is 5.12. The fraction of sp³-hybridized carbons (Fsp3) is 0.360. The molecule has 2 saturated carbocycles. The zero-order chi connectivity index (χ0) is 27.5. The van der Waals surface area contributed by atoms with Crippen LogP contribution in [0.1, 0.15) is 22.3 Å². The number of nitrogens with one attached hydrogen (secondary N) is 1. The van der Waals surface area contributed by atoms with Crippen molar-refractivity contribution in [1.82, 2.24) is 0 Å². The fourth-order valence-corrected chi connectivity index (χ4v) is 6.61. The zero-order valence-corrected chi connectivity index (χ0v) is 21.4. The molecule has 0 spiro atoms. The average Bonchev–Trinajstić information content (AvgIpc) is 3.48. The summed E-state index contributed by atoms with van der Waals surface area (Å²) >= 11 is 18.6. The van der Waals surface area contributed by atoms with Crippen molar-refractivity contribution in [3.05, 3.63) is 58.6 Å². The number of fused-ring (bicyclic) bond motifs is 5. The molecule has 0 radical (unpaired) electrons. The summed E-state index contributed by atoms with van der Waals surface area (Å²) in [5.74, 6) is -3.85. The van der Waals surface area contributed by atoms with Gasteiger partial charge in [0.15, 0.2) is 6.61 Å². The molecular formula is C25H18Cl3F3N2O5. The monoisotopic (exact) mass is 588 g/mol. The Hall–Kier alpha value is -2.82. The maximum atomic E-state index is 13.1. The number of anilines is 2. The van der Waals surface area contributed by atoms with Gasteiger partial charge in [0.1, 0.15) is 0 Å². The van der Waals surface area contributed by atoms with Crippen molar-refractivity contribution in [2.45, 2.75) is 23.4 Å². The molecule has 3 aliphatic rings. The van der Waals surface area contributed by atoms with E-state index in [1.54, 1.807) is 0 Å². The van der Waals surface area contributed by atoms with Crippen molar-refractivity contribution in [1.29, 1.82) is 0 Å². The molecule has 1 N–H and O–H groups in total. The summed E-state index contributed by atoms with van der Waals surface area (Å²) < 4.78 is 43.6. The second kappa shape index (κ2) is 9.73. The molecule has 1 aliphatic heterocycles. The Balaban J connectivity index is 1.21. The lowest BCUT2D eigenvalue weighted by Gasteiger charge is -2.28. The number of esters is 1. The van der Waals surface area contributed by atoms with Gasteiger partial charge in [-0.05, 0) is 60.7 Å². The van der Waals surface area contributed by atoms with Crippen LogP contribution in [0, 0.1) is 23.7 Å². The minimum absolute atomic E-state index is 0.0275. The van der Waals surface area contributed by atoms with Crippen LogP contribution in [0.5, 0.6) is 0 Å². The number of amides is 3. The van der Waals surface area contributed by atoms with E-state index in [0.29, 0.717) is 12.5 Å². The van der Waals surface area contributed by atoms with Crippen molar-refractivity contribution in [2.24, 2.45) is 23.7 Å². The summed E-state index contributed by atoms with van der Waals surface area (Å²) in [4.78, 5) is 51.8. The summed E-state index contributed by atoms with van der Waals surface area (Å²) in [6.07, 6.45) is -3.99. The van der Waals surface area contributed by atoms with E-state index in [2.05, 4.69) is 5.32 Å². The quantitative estimate of drug-likeness (QED) is 0.297. The van der Waals surface area contributed by atoms with E-state index in [9.17, 15) is 32.3 Å². The fourth-order valence-electron chi connectivity index (χ4n) is 5.55. The smallest absolute Gasteiger partial charge is 0.416 e. The second-order valence-electron chi connectivity index (χ2n) is 9.38. The maximum Gasteiger partial charge on any atom is 0.416 e. The van der Waals surface area contributed by atoms with Gasteiger partial charge in [-0.3, -0.25) is 19.3 Å². The molecule has 3 fully saturated rings. The predicted molar refractivity (Wildman–Crippen MR) is 132 cm³/mol. The van der Waals surface area contributed by atoms with Crippen molar-refractivity contribution in [3.8, 4) is 0 Å². The molecule has 0 aromatic heterocycles. The van der Waals surface area contributed by atoms with Crippen LogP contribution in [0.3, 0.4) is 0 Å². The summed E-state index contributed by atoms with van der Waals surface area (Å²) in [7, 11) is 0. The van der Waals surface area contributed by atoms with Crippen LogP contribution < -0.4 is 10.2 Å². The SMILES string of the molecule is O=C(COC(=O)c1ccc(N2C(=O)[C@@H]3[C@H]4C[C@@H]([C@H](Cl)[C@H]4Cl)[C@@H]3C2=O)cc1)Nc1cc(C(F)(F)F)ccc1Cl. The molecule has 6 atom stereocenters. The number of rotatable bonds is 5. The first-order valence-corrected chi connectivity index (χ1v) is 12.7. The lowest BCUT2D eigenvalue weighted by molar-refractivity contribution is -0.137. The second-order valence-corrected chi connectivity index (χ2v) is 10.8. The molecule has 0 unspecified atom stereocenters. The van der Waals surface area contributed by atoms with Crippen LogP contribution in [0.2, 0.25) is 5.02 Å². The number of carbonyl (C=O) groups is 4. The van der Waals surface area contributed by atoms with E-state index in [4.69, 9.17) is 39.5 Å². The standard InChI is InChI=1S/C25H18Cl3F3N2O5/c26-15-6-3-11(25(29,30)31)7-16(15)32-17(34)9-38-24(37)10-1-4-12(5-2-10)33-22(35)18-13-8-14(19(18)23(33)36)21(28)20(13)27/h1-7,13-14,18-21H,8-9H2,(H,32,34)/t13-,14-,18-,19+,20+,21+/m1/s1. The molecule has 13 heteroatoms. The van der Waals surface area contributed by atoms with Gasteiger partial charge in [0.2, 0.25) is 11.8 Å². The number of ether oxygens (including phenoxy) is 1. The number of hydrogen-bond donors (Lipinski definition) is 1. The van der Waals surface area contributed by atoms with Gasteiger partial charge in [-0.2, -0.15) is 13.2 Å². The van der Waals surface area contributed by atoms with Crippen molar-refractivity contribution in [2.75, 3.05) is 16.8 Å². The van der Waals surface area contributed by atoms with Gasteiger partial charge in [-0.25, -0.2) is 4.79 Å². The summed E-state index contributed by atoms with van der Waals surface area (Å²) in [6, 6.07) is 7.91. The van der Waals surface area contributed by atoms with Gasteiger partial charge >= 0.3 is 12.1 Å². The molecule has 200 valence electrons. The Labute approximate surface area is 229 Å². The Kier molecular flexibility index (Phi) is 6.86. The van der Waals surface area contributed by atoms with E-state index < -0.39 is 42.1 Å². The highest BCUT2D eigenvalue weighted by Gasteiger charge is 2.66. The molecule has 3 amide bonds. The minimum atomic E-state index is -4.63. The Morgan fingerprint density at radius 3 is 2.11 bits per heavy atom. The van der Waals surface area contributed by atoms with Crippen molar-refractivity contribution in [3.63, 3.8) is 0 Å². The van der Waals surface area contributed by atoms with Gasteiger partial charge in [0, 0.05) is 0 Å². The van der Waals surface area contributed by atoms with Crippen LogP contribution in [0.4, 0.5) is 24.5 Å². The Bertz CT molecular complexity index is 1300. The van der Waals surface area contributed by atoms with Gasteiger partial charge in [0.25, 0.3) is 5.91 Å². The number of alkyl halides is 5. The minimum Gasteiger partial charge on any atom is -0.452 e. The molecule has 1 saturated heterocycles. The molecular weight excluding hydrogens is 572 g/mol. The largest absolute Gasteiger partial charge is 0.452 e. The van der Waals surface area contributed by atoms with Crippen LogP contribution in [0.25, 0.3) is 0 Å². The number of nitrogens with zero attached hydrogens (tertiary/aromatic N) is 1. The lowest BCUT2D eigenvalue weighted by atomic mass is 9.80. The summed E-state index contributed by atoms with van der Waals surface area (Å²) in [5, 5.41) is 1.30. The first kappa shape index (κ1) is 26.8. The molecule has 2 bridgehead atoms. The third-order valence-corrected chi connectivity index (χ3v) is 8.90. The van der Waals surface area contributed by atoms with E-state index in [0.717, 1.165) is 17.0 Å². The normalized spacial score (nSPS) is 28.0. The number of hydrogen-bond acceptors (Lipinski definition) is 5. The highest BCUT2D eigenvalue weighted by atomic mass is 35.5. The Morgan fingerprint density at radius 2 is 1.55 bits per heavy atom. The summed E-state index contributed by atoms with van der Waals surface area (Å²) in [5.41, 5.74) is -0.990. The van der Waals surface area contributed by atoms with Crippen molar-refractivity contribution >= 4 is 69.9 Å². The van der Waals surface area contributed by atoms with Gasteiger partial charge in [0.05, 0.1) is 50.1 Å². The molecule has 2 aromatic carbocycles. The van der Waals surface area contributed by atoms with E-state index in [-0.39, 0.29) is 56.4 Å². The third-order valence-electron chi connectivity index (χ3n) is 7.25. The molecule has 38 heavy (non-hydrogen) atoms. The highest BCUT2D eigenvalue weighted by molar-refractivity contribution is 6.34. The number of halogens is 6. The lowest BCUT2D eigenvalue weighted by Crippen LogP contribution is -2.37. The number of imide groups is 1. The van der Waals surface area contributed by atoms with E-state index in [1.165, 1.54) is 24.3 Å². The van der Waals surface area contributed by atoms with Crippen LogP contribution in [-0.4, -0.2) is 41.1 Å². The number of carbonyl (C=O) groups excluding carboxylic acids is 4. The van der Waals surface area contributed by atoms with Crippen LogP contribution >= 0.6 is 34.8 Å². The molecule has 2 aromatic rings. The van der Waals surface area contributed by atoms with Crippen LogP contribution in [-0.2, 0) is 25.3 Å². The first-order chi connectivity index (χ1) is 17.9. The molecule has 2 aliphatic carbocycles.